The molecule has 28 atom stereocenters. The van der Waals surface area contributed by atoms with Crippen molar-refractivity contribution in [1.82, 2.24) is 10.2 Å². The number of ketones is 1. The van der Waals surface area contributed by atoms with Gasteiger partial charge in [0.15, 0.2) is 17.5 Å². The molecule has 22 rings (SSSR count). The third-order valence-corrected chi connectivity index (χ3v) is 34.8. The second-order valence-electron chi connectivity index (χ2n) is 36.6. The van der Waals surface area contributed by atoms with Crippen LogP contribution in [-0.4, -0.2) is 106 Å². The number of hydrogen-bond acceptors (Lipinski definition) is 13. The van der Waals surface area contributed by atoms with Crippen molar-refractivity contribution in [3.63, 3.8) is 0 Å². The summed E-state index contributed by atoms with van der Waals surface area (Å²) < 4.78 is 38.9. The van der Waals surface area contributed by atoms with E-state index in [2.05, 4.69) is 96.7 Å². The van der Waals surface area contributed by atoms with Gasteiger partial charge in [0.05, 0.1) is 48.5 Å². The van der Waals surface area contributed by atoms with Crippen LogP contribution in [0.15, 0.2) is 77.1 Å². The lowest BCUT2D eigenvalue weighted by Crippen LogP contribution is -2.85. The highest BCUT2D eigenvalue weighted by Gasteiger charge is 3.03. The van der Waals surface area contributed by atoms with Crippen molar-refractivity contribution >= 4 is 17.7 Å². The zero-order valence-corrected chi connectivity index (χ0v) is 55.2. The molecule has 7 aliphatic heterocycles. The Kier molecular flexibility index (Phi) is 11.0. The summed E-state index contributed by atoms with van der Waals surface area (Å²) in [6, 6.07) is 11.3. The first-order valence-electron chi connectivity index (χ1n) is 38.0. The molecule has 4 N–H and O–H groups in total. The Labute approximate surface area is 553 Å². The number of epoxide rings is 1. The molecule has 13 nitrogen and oxygen atoms in total. The monoisotopic (exact) mass is 1270 g/mol. The van der Waals surface area contributed by atoms with E-state index in [1.807, 2.05) is 6.26 Å². The number of esters is 2. The van der Waals surface area contributed by atoms with Crippen LogP contribution in [0.1, 0.15) is 178 Å². The summed E-state index contributed by atoms with van der Waals surface area (Å²) in [7, 11) is 0. The van der Waals surface area contributed by atoms with Gasteiger partial charge in [-0.2, -0.15) is 0 Å². The van der Waals surface area contributed by atoms with Crippen LogP contribution in [0.2, 0.25) is 0 Å². The molecule has 1 aromatic heterocycles. The zero-order valence-electron chi connectivity index (χ0n) is 55.2. The van der Waals surface area contributed by atoms with Gasteiger partial charge in [-0.25, -0.2) is 4.79 Å². The predicted octanol–water partition coefficient (Wildman–Crippen LogP) is 10.8. The van der Waals surface area contributed by atoms with Crippen LogP contribution in [0, 0.1) is 132 Å². The van der Waals surface area contributed by atoms with Gasteiger partial charge in [-0.15, -0.1) is 0 Å². The predicted molar refractivity (Wildman–Crippen MR) is 344 cm³/mol. The number of benzene rings is 1. The van der Waals surface area contributed by atoms with E-state index in [0.717, 1.165) is 95.0 Å². The van der Waals surface area contributed by atoms with Crippen molar-refractivity contribution in [2.24, 2.45) is 120 Å². The second kappa shape index (κ2) is 18.1. The highest BCUT2D eigenvalue weighted by Crippen LogP contribution is 2.96. The second-order valence-corrected chi connectivity index (χ2v) is 36.6. The average Bonchev–Trinajstić information content (AvgIpc) is 1.39. The number of cyclic esters (lactones) is 1. The maximum atomic E-state index is 17.7. The first-order valence-corrected chi connectivity index (χ1v) is 38.0. The van der Waals surface area contributed by atoms with Gasteiger partial charge in [-0.1, -0.05) is 92.7 Å². The number of nitrogens with one attached hydrogen (secondary N) is 1. The number of furan rings is 1. The summed E-state index contributed by atoms with van der Waals surface area (Å²) in [5, 5.41) is 42.4. The Balaban J connectivity index is 0.799. The highest BCUT2D eigenvalue weighted by atomic mass is 16.7. The van der Waals surface area contributed by atoms with Crippen LogP contribution < -0.4 is 5.32 Å². The Hall–Kier alpha value is -4.55. The number of aliphatic hydroxyl groups is 3. The highest BCUT2D eigenvalue weighted by molar-refractivity contribution is 5.96. The molecule has 10 spiro atoms. The molecule has 496 valence electrons. The molecule has 13 heteroatoms. The molecule has 0 radical (unpaired) electrons. The lowest BCUT2D eigenvalue weighted by atomic mass is 9.27. The molecule has 28 unspecified atom stereocenters. The number of carbonyl (C=O) groups is 3. The fraction of sp³-hybridized carbons (Fsp3) is 0.741. The molecule has 0 amide bonds. The molecule has 94 heavy (non-hydrogen) atoms. The molecule has 10 bridgehead atoms. The topological polar surface area (TPSA) is 181 Å². The number of Topliss-reactive ketones (excluding diaryl/α,β-unsaturated/α-hetero) is 1. The van der Waals surface area contributed by atoms with Gasteiger partial charge in [-0.3, -0.25) is 14.9 Å². The van der Waals surface area contributed by atoms with Crippen molar-refractivity contribution in [2.45, 2.75) is 221 Å². The molecule has 15 fully saturated rings. The van der Waals surface area contributed by atoms with E-state index in [1.54, 1.807) is 0 Å². The maximum absolute atomic E-state index is 17.7. The number of aryl methyl sites for hydroxylation is 1. The minimum absolute atomic E-state index is 0.00969. The summed E-state index contributed by atoms with van der Waals surface area (Å²) in [5.41, 5.74) is -6.36. The molecule has 2 aromatic rings. The Morgan fingerprint density at radius 1 is 0.904 bits per heavy atom. The SMILES string of the molecule is CC12CC=C3CC4CC5C=CC67C(=O)OCC8(C1C(=O)C(O)C19C%10CC(Cc%11ccccc%11)CCC%10C#CC%10CCc%11coc(CC(C(O)CO)C%12CCC%13C(C=CN%14CNCC%13%14)C%12)c%11C%10%11OC(=O)C%10OC%101C%11(C)CC(CC46C51CCC4(CCCC45CCCC5)C1)C89)C37O2. The minimum Gasteiger partial charge on any atom is -0.469 e. The first-order chi connectivity index (χ1) is 45.6. The Bertz CT molecular complexity index is 3870. The van der Waals surface area contributed by atoms with Gasteiger partial charge in [0, 0.05) is 46.7 Å². The molecule has 5 saturated heterocycles. The third kappa shape index (κ3) is 5.81. The van der Waals surface area contributed by atoms with E-state index >= 15 is 19.5 Å². The van der Waals surface area contributed by atoms with Crippen LogP contribution in [0.4, 0.5) is 0 Å². The quantitative estimate of drug-likeness (QED) is 0.0891. The normalized spacial score (nSPS) is 54.5. The summed E-state index contributed by atoms with van der Waals surface area (Å²) in [6.45, 7) is 6.01. The number of carbonyl (C=O) groups excluding carboxylic acids is 3. The summed E-state index contributed by atoms with van der Waals surface area (Å²) in [4.78, 5) is 53.8. The maximum Gasteiger partial charge on any atom is 0.339 e. The van der Waals surface area contributed by atoms with Gasteiger partial charge < -0.3 is 43.6 Å². The summed E-state index contributed by atoms with van der Waals surface area (Å²) >= 11 is 0. The number of aliphatic hydroxyl groups excluding tert-OH is 3. The van der Waals surface area contributed by atoms with E-state index in [9.17, 15) is 10.2 Å². The number of rotatable bonds is 7. The number of ether oxygens (including phenoxy) is 4. The third-order valence-electron chi connectivity index (χ3n) is 34.8. The fourth-order valence-corrected chi connectivity index (χ4v) is 32.7. The lowest BCUT2D eigenvalue weighted by Gasteiger charge is -2.75. The van der Waals surface area contributed by atoms with Crippen LogP contribution in [0.3, 0.4) is 0 Å². The van der Waals surface area contributed by atoms with E-state index in [-0.39, 0.29) is 77.2 Å². The Morgan fingerprint density at radius 2 is 1.76 bits per heavy atom. The van der Waals surface area contributed by atoms with Gasteiger partial charge >= 0.3 is 11.9 Å². The van der Waals surface area contributed by atoms with E-state index in [4.69, 9.17) is 23.4 Å². The molecular formula is C81H96N2O11. The Morgan fingerprint density at radius 3 is 2.62 bits per heavy atom. The van der Waals surface area contributed by atoms with E-state index in [1.165, 1.54) is 62.5 Å². The number of hydrogen-bond donors (Lipinski definition) is 4. The van der Waals surface area contributed by atoms with Gasteiger partial charge in [-0.05, 0) is 240 Å². The smallest absolute Gasteiger partial charge is 0.339 e. The van der Waals surface area contributed by atoms with E-state index < -0.39 is 97.4 Å². The average molecular weight is 1270 g/mol. The minimum atomic E-state index is -1.57. The molecule has 8 heterocycles. The van der Waals surface area contributed by atoms with Crippen LogP contribution >= 0.6 is 0 Å². The number of fused-ring (bicyclic) bond motifs is 8. The molecule has 20 aliphatic rings. The number of nitrogens with zero attached hydrogens (tertiary/aromatic N) is 1. The summed E-state index contributed by atoms with van der Waals surface area (Å²) in [6.07, 6.45) is 34.0. The van der Waals surface area contributed by atoms with Crippen LogP contribution in [0.5, 0.6) is 0 Å². The zero-order chi connectivity index (χ0) is 63.0. The molecule has 1 aromatic carbocycles. The van der Waals surface area contributed by atoms with Crippen molar-refractivity contribution in [1.29, 1.82) is 0 Å². The van der Waals surface area contributed by atoms with E-state index in [0.29, 0.717) is 67.6 Å². The van der Waals surface area contributed by atoms with Gasteiger partial charge in [0.25, 0.3) is 0 Å². The molecular weight excluding hydrogens is 1180 g/mol. The largest absolute Gasteiger partial charge is 0.469 e. The first kappa shape index (κ1) is 57.4. The van der Waals surface area contributed by atoms with Crippen LogP contribution in [-0.2, 0) is 58.2 Å². The standard InChI is InChI=1S/C81H96N2O11/c1-70-26-19-54-35-55-34-53-20-27-76-69(89)91-43-75(80(54,76)94-70)64-51(38-77(55,76)74(53)29-28-73(42-74)25-8-24-72(73)22-6-7-23-72)37-71(2)79-52(17-14-50-41-90-61(62(50)79)36-57(60(85)40-84)48-15-18-56-49(33-48)21-30-83-44-82-39-59(56)83)16-13-47-12-11-46(31-45-9-4-3-5-10-45)32-58(47)78(64,66(87)63(86)65(70)75)81(71)67(92-81)68(88)93-79/h3-5,9-10,19-21,27,30,41,46-49,51-53,55-60,64-67,82,84-85,87H,6-8,11-12,14-15,17-18,22-26,28-29,31-40,42-44H2,1-2H3. The van der Waals surface area contributed by atoms with Gasteiger partial charge in [0.2, 0.25) is 0 Å². The molecule has 10 saturated carbocycles. The molecule has 13 aliphatic carbocycles. The van der Waals surface area contributed by atoms with Crippen molar-refractivity contribution in [3.05, 3.63) is 95.1 Å². The van der Waals surface area contributed by atoms with Crippen molar-refractivity contribution < 1.29 is 53.1 Å². The fourth-order valence-electron chi connectivity index (χ4n) is 32.7. The summed E-state index contributed by atoms with van der Waals surface area (Å²) in [5.74, 6) is 6.52. The number of allylic oxidation sites excluding steroid dienone is 2. The lowest BCUT2D eigenvalue weighted by molar-refractivity contribution is -0.325. The van der Waals surface area contributed by atoms with Gasteiger partial charge in [0.1, 0.15) is 35.1 Å². The van der Waals surface area contributed by atoms with Crippen molar-refractivity contribution in [3.8, 4) is 11.8 Å². The van der Waals surface area contributed by atoms with Crippen molar-refractivity contribution in [2.75, 3.05) is 26.4 Å². The van der Waals surface area contributed by atoms with Crippen LogP contribution in [0.25, 0.3) is 0 Å².